The Morgan fingerprint density at radius 1 is 1.67 bits per heavy atom. The average molecular weight is 227 g/mol. The lowest BCUT2D eigenvalue weighted by Gasteiger charge is -2.26. The molecule has 4 heteroatoms. The molecule has 2 rings (SSSR count). The first-order valence-electron chi connectivity index (χ1n) is 5.03. The first-order valence-corrected chi connectivity index (χ1v) is 5.41. The molecule has 0 aromatic heterocycles. The summed E-state index contributed by atoms with van der Waals surface area (Å²) in [7, 11) is 1.95. The fourth-order valence-corrected chi connectivity index (χ4v) is 2.53. The van der Waals surface area contributed by atoms with Crippen LogP contribution in [-0.2, 0) is 6.42 Å². The molecule has 1 aromatic rings. The highest BCUT2D eigenvalue weighted by atomic mass is 35.5. The van der Waals surface area contributed by atoms with Gasteiger partial charge >= 0.3 is 0 Å². The number of benzene rings is 1. The van der Waals surface area contributed by atoms with E-state index < -0.39 is 6.10 Å². The SMILES string of the molecule is CN1c2c(Cl)cccc2CC1C(O)CN. The zero-order valence-electron chi connectivity index (χ0n) is 8.65. The molecule has 1 heterocycles. The van der Waals surface area contributed by atoms with Crippen molar-refractivity contribution in [3.8, 4) is 0 Å². The summed E-state index contributed by atoms with van der Waals surface area (Å²) in [6.45, 7) is 0.278. The zero-order chi connectivity index (χ0) is 11.0. The van der Waals surface area contributed by atoms with E-state index in [1.54, 1.807) is 0 Å². The number of nitrogens with two attached hydrogens (primary N) is 1. The predicted molar refractivity (Wildman–Crippen MR) is 62.4 cm³/mol. The number of aliphatic hydroxyl groups excluding tert-OH is 1. The highest BCUT2D eigenvalue weighted by Gasteiger charge is 2.32. The van der Waals surface area contributed by atoms with Gasteiger partial charge in [0.2, 0.25) is 0 Å². The molecule has 1 aliphatic heterocycles. The van der Waals surface area contributed by atoms with Crippen molar-refractivity contribution < 1.29 is 5.11 Å². The Bertz CT molecular complexity index is 370. The second kappa shape index (κ2) is 4.00. The van der Waals surface area contributed by atoms with Crippen molar-refractivity contribution in [3.63, 3.8) is 0 Å². The van der Waals surface area contributed by atoms with Crippen LogP contribution in [0, 0.1) is 0 Å². The molecule has 3 N–H and O–H groups in total. The van der Waals surface area contributed by atoms with Gasteiger partial charge in [0.25, 0.3) is 0 Å². The molecular formula is C11H15ClN2O. The molecule has 0 radical (unpaired) electrons. The Hall–Kier alpha value is -0.770. The zero-order valence-corrected chi connectivity index (χ0v) is 9.41. The van der Waals surface area contributed by atoms with Crippen LogP contribution in [0.3, 0.4) is 0 Å². The Balaban J connectivity index is 2.33. The number of likely N-dealkylation sites (N-methyl/N-ethyl adjacent to an activating group) is 1. The molecule has 0 bridgehead atoms. The van der Waals surface area contributed by atoms with Gasteiger partial charge in [0.1, 0.15) is 0 Å². The molecule has 0 amide bonds. The number of nitrogens with zero attached hydrogens (tertiary/aromatic N) is 1. The van der Waals surface area contributed by atoms with Gasteiger partial charge < -0.3 is 15.7 Å². The number of aliphatic hydroxyl groups is 1. The lowest BCUT2D eigenvalue weighted by molar-refractivity contribution is 0.153. The maximum absolute atomic E-state index is 9.78. The van der Waals surface area contributed by atoms with Crippen molar-refractivity contribution in [1.82, 2.24) is 0 Å². The molecule has 0 aliphatic carbocycles. The number of para-hydroxylation sites is 1. The average Bonchev–Trinajstić information content (AvgIpc) is 2.56. The van der Waals surface area contributed by atoms with E-state index in [9.17, 15) is 5.11 Å². The summed E-state index contributed by atoms with van der Waals surface area (Å²) < 4.78 is 0. The highest BCUT2D eigenvalue weighted by Crippen LogP contribution is 2.37. The second-order valence-corrected chi connectivity index (χ2v) is 4.34. The fraction of sp³-hybridized carbons (Fsp3) is 0.455. The molecule has 0 fully saturated rings. The molecule has 82 valence electrons. The quantitative estimate of drug-likeness (QED) is 0.792. The predicted octanol–water partition coefficient (Wildman–Crippen LogP) is 1.02. The van der Waals surface area contributed by atoms with Crippen molar-refractivity contribution in [3.05, 3.63) is 28.8 Å². The molecule has 0 spiro atoms. The minimum atomic E-state index is -0.501. The van der Waals surface area contributed by atoms with Gasteiger partial charge in [0.15, 0.2) is 0 Å². The normalized spacial score (nSPS) is 21.6. The minimum absolute atomic E-state index is 0.0462. The topological polar surface area (TPSA) is 49.5 Å². The van der Waals surface area contributed by atoms with E-state index in [-0.39, 0.29) is 12.6 Å². The van der Waals surface area contributed by atoms with Crippen LogP contribution in [-0.4, -0.2) is 30.8 Å². The van der Waals surface area contributed by atoms with Gasteiger partial charge in [-0.05, 0) is 18.1 Å². The van der Waals surface area contributed by atoms with Crippen molar-refractivity contribution in [2.24, 2.45) is 5.73 Å². The first kappa shape index (κ1) is 10.7. The van der Waals surface area contributed by atoms with Gasteiger partial charge in [-0.15, -0.1) is 0 Å². The van der Waals surface area contributed by atoms with Crippen LogP contribution in [0.15, 0.2) is 18.2 Å². The lowest BCUT2D eigenvalue weighted by atomic mass is 10.1. The molecular weight excluding hydrogens is 212 g/mol. The first-order chi connectivity index (χ1) is 7.15. The van der Waals surface area contributed by atoms with Crippen molar-refractivity contribution in [2.45, 2.75) is 18.6 Å². The van der Waals surface area contributed by atoms with Gasteiger partial charge in [-0.2, -0.15) is 0 Å². The Labute approximate surface area is 94.4 Å². The van der Waals surface area contributed by atoms with E-state index in [1.165, 1.54) is 5.56 Å². The summed E-state index contributed by atoms with van der Waals surface area (Å²) in [4.78, 5) is 2.02. The maximum Gasteiger partial charge on any atom is 0.0868 e. The third-order valence-electron chi connectivity index (χ3n) is 3.04. The smallest absolute Gasteiger partial charge is 0.0868 e. The Morgan fingerprint density at radius 2 is 2.40 bits per heavy atom. The molecule has 1 aromatic carbocycles. The molecule has 0 saturated heterocycles. The third-order valence-corrected chi connectivity index (χ3v) is 3.34. The van der Waals surface area contributed by atoms with E-state index in [2.05, 4.69) is 0 Å². The van der Waals surface area contributed by atoms with Crippen LogP contribution in [0.1, 0.15) is 5.56 Å². The summed E-state index contributed by atoms with van der Waals surface area (Å²) in [5.74, 6) is 0. The van der Waals surface area contributed by atoms with Crippen LogP contribution < -0.4 is 10.6 Å². The maximum atomic E-state index is 9.78. The minimum Gasteiger partial charge on any atom is -0.390 e. The standard InChI is InChI=1S/C11H15ClN2O/c1-14-9(10(15)6-13)5-7-3-2-4-8(12)11(7)14/h2-4,9-10,15H,5-6,13H2,1H3. The largest absolute Gasteiger partial charge is 0.390 e. The van der Waals surface area contributed by atoms with E-state index in [0.29, 0.717) is 0 Å². The molecule has 3 nitrogen and oxygen atoms in total. The monoisotopic (exact) mass is 226 g/mol. The highest BCUT2D eigenvalue weighted by molar-refractivity contribution is 6.33. The van der Waals surface area contributed by atoms with Gasteiger partial charge in [0, 0.05) is 13.6 Å². The molecule has 2 unspecified atom stereocenters. The van der Waals surface area contributed by atoms with E-state index >= 15 is 0 Å². The fourth-order valence-electron chi connectivity index (χ4n) is 2.20. The summed E-state index contributed by atoms with van der Waals surface area (Å²) in [6, 6.07) is 5.89. The Morgan fingerprint density at radius 3 is 3.00 bits per heavy atom. The molecule has 1 aliphatic rings. The van der Waals surface area contributed by atoms with Gasteiger partial charge in [-0.1, -0.05) is 23.7 Å². The van der Waals surface area contributed by atoms with Gasteiger partial charge in [-0.25, -0.2) is 0 Å². The number of hydrogen-bond donors (Lipinski definition) is 2. The second-order valence-electron chi connectivity index (χ2n) is 3.93. The summed E-state index contributed by atoms with van der Waals surface area (Å²) in [5.41, 5.74) is 7.68. The van der Waals surface area contributed by atoms with Crippen LogP contribution in [0.5, 0.6) is 0 Å². The molecule has 2 atom stereocenters. The van der Waals surface area contributed by atoms with Crippen molar-refractivity contribution in [1.29, 1.82) is 0 Å². The number of rotatable bonds is 2. The van der Waals surface area contributed by atoms with Crippen molar-refractivity contribution in [2.75, 3.05) is 18.5 Å². The number of fused-ring (bicyclic) bond motifs is 1. The van der Waals surface area contributed by atoms with E-state index in [4.69, 9.17) is 17.3 Å². The van der Waals surface area contributed by atoms with E-state index in [1.807, 2.05) is 30.1 Å². The summed E-state index contributed by atoms with van der Waals surface area (Å²) >= 11 is 6.12. The number of anilines is 1. The summed E-state index contributed by atoms with van der Waals surface area (Å²) in [5, 5.41) is 10.5. The number of hydrogen-bond acceptors (Lipinski definition) is 3. The molecule has 0 saturated carbocycles. The van der Waals surface area contributed by atoms with Gasteiger partial charge in [-0.3, -0.25) is 0 Å². The van der Waals surface area contributed by atoms with Crippen LogP contribution in [0.4, 0.5) is 5.69 Å². The lowest BCUT2D eigenvalue weighted by Crippen LogP contribution is -2.43. The Kier molecular flexibility index (Phi) is 2.87. The van der Waals surface area contributed by atoms with Crippen LogP contribution in [0.2, 0.25) is 5.02 Å². The van der Waals surface area contributed by atoms with Crippen LogP contribution >= 0.6 is 11.6 Å². The van der Waals surface area contributed by atoms with Crippen LogP contribution in [0.25, 0.3) is 0 Å². The van der Waals surface area contributed by atoms with Crippen molar-refractivity contribution >= 4 is 17.3 Å². The molecule has 15 heavy (non-hydrogen) atoms. The van der Waals surface area contributed by atoms with E-state index in [0.717, 1.165) is 17.1 Å². The third kappa shape index (κ3) is 1.71. The van der Waals surface area contributed by atoms with Gasteiger partial charge in [0.05, 0.1) is 22.9 Å². The summed E-state index contributed by atoms with van der Waals surface area (Å²) in [6.07, 6.45) is 0.309. The number of halogens is 1.